The van der Waals surface area contributed by atoms with Gasteiger partial charge in [0.25, 0.3) is 0 Å². The van der Waals surface area contributed by atoms with E-state index in [1.807, 2.05) is 6.07 Å². The zero-order valence-corrected chi connectivity index (χ0v) is 12.3. The first kappa shape index (κ1) is 16.1. The van der Waals surface area contributed by atoms with Crippen LogP contribution in [-0.2, 0) is 4.79 Å². The molecule has 0 saturated carbocycles. The fraction of sp³-hybridized carbons (Fsp3) is 0.438. The number of ether oxygens (including phenoxy) is 2. The van der Waals surface area contributed by atoms with Gasteiger partial charge in [0.1, 0.15) is 0 Å². The van der Waals surface area contributed by atoms with Crippen LogP contribution in [0.1, 0.15) is 32.3 Å². The zero-order chi connectivity index (χ0) is 15.0. The monoisotopic (exact) mass is 278 g/mol. The van der Waals surface area contributed by atoms with Gasteiger partial charge in [-0.3, -0.25) is 0 Å². The smallest absolute Gasteiger partial charge is 0.328 e. The Labute approximate surface area is 120 Å². The Morgan fingerprint density at radius 3 is 2.75 bits per heavy atom. The molecule has 0 heterocycles. The first-order valence-corrected chi connectivity index (χ1v) is 6.78. The van der Waals surface area contributed by atoms with Crippen LogP contribution in [0.2, 0.25) is 0 Å². The van der Waals surface area contributed by atoms with Gasteiger partial charge in [-0.25, -0.2) is 4.79 Å². The molecule has 110 valence electrons. The number of rotatable bonds is 8. The average Bonchev–Trinajstić information content (AvgIpc) is 2.43. The molecule has 1 N–H and O–H groups in total. The van der Waals surface area contributed by atoms with Crippen molar-refractivity contribution >= 4 is 12.0 Å². The first-order chi connectivity index (χ1) is 9.56. The summed E-state index contributed by atoms with van der Waals surface area (Å²) in [6.07, 6.45) is 4.88. The minimum atomic E-state index is -0.974. The summed E-state index contributed by atoms with van der Waals surface area (Å²) in [5, 5.41) is 8.61. The van der Waals surface area contributed by atoms with E-state index in [4.69, 9.17) is 14.6 Å². The molecule has 0 bridgehead atoms. The molecule has 4 heteroatoms. The summed E-state index contributed by atoms with van der Waals surface area (Å²) in [4.78, 5) is 10.5. The number of carboxylic acids is 1. The summed E-state index contributed by atoms with van der Waals surface area (Å²) in [6, 6.07) is 5.38. The summed E-state index contributed by atoms with van der Waals surface area (Å²) in [7, 11) is 1.57. The largest absolute Gasteiger partial charge is 0.493 e. The van der Waals surface area contributed by atoms with Crippen LogP contribution in [0.4, 0.5) is 0 Å². The topological polar surface area (TPSA) is 55.8 Å². The molecule has 0 radical (unpaired) electrons. The van der Waals surface area contributed by atoms with Gasteiger partial charge < -0.3 is 14.6 Å². The van der Waals surface area contributed by atoms with E-state index in [-0.39, 0.29) is 0 Å². The quantitative estimate of drug-likeness (QED) is 0.738. The Morgan fingerprint density at radius 1 is 1.40 bits per heavy atom. The third-order valence-corrected chi connectivity index (χ3v) is 2.91. The van der Waals surface area contributed by atoms with Gasteiger partial charge in [0.05, 0.1) is 13.7 Å². The molecule has 0 aliphatic heterocycles. The lowest BCUT2D eigenvalue weighted by molar-refractivity contribution is -0.131. The third-order valence-electron chi connectivity index (χ3n) is 2.91. The van der Waals surface area contributed by atoms with Crippen molar-refractivity contribution in [3.05, 3.63) is 29.8 Å². The number of carboxylic acid groups (broad SMARTS) is 1. The molecular formula is C16H22O4. The van der Waals surface area contributed by atoms with Crippen molar-refractivity contribution in [3.8, 4) is 11.5 Å². The van der Waals surface area contributed by atoms with Gasteiger partial charge in [-0.1, -0.05) is 26.3 Å². The van der Waals surface area contributed by atoms with Gasteiger partial charge in [0.15, 0.2) is 11.5 Å². The molecule has 0 saturated heterocycles. The average molecular weight is 278 g/mol. The van der Waals surface area contributed by atoms with Crippen molar-refractivity contribution in [1.82, 2.24) is 0 Å². The van der Waals surface area contributed by atoms with Gasteiger partial charge in [-0.2, -0.15) is 0 Å². The standard InChI is InChI=1S/C16H22O4/c1-4-5-12(2)11-20-14-8-6-13(7-9-16(17)18)10-15(14)19-3/h6-10,12H,4-5,11H2,1-3H3,(H,17,18). The molecule has 0 aliphatic carbocycles. The van der Waals surface area contributed by atoms with Crippen LogP contribution in [0, 0.1) is 5.92 Å². The lowest BCUT2D eigenvalue weighted by Gasteiger charge is -2.14. The summed E-state index contributed by atoms with van der Waals surface area (Å²) in [5.74, 6) is 0.818. The van der Waals surface area contributed by atoms with Gasteiger partial charge in [0, 0.05) is 6.08 Å². The van der Waals surface area contributed by atoms with Crippen molar-refractivity contribution < 1.29 is 19.4 Å². The van der Waals surface area contributed by atoms with Crippen LogP contribution in [0.5, 0.6) is 11.5 Å². The summed E-state index contributed by atoms with van der Waals surface area (Å²) >= 11 is 0. The summed E-state index contributed by atoms with van der Waals surface area (Å²) in [6.45, 7) is 4.95. The van der Waals surface area contributed by atoms with Crippen LogP contribution >= 0.6 is 0 Å². The molecule has 1 unspecified atom stereocenters. The fourth-order valence-corrected chi connectivity index (χ4v) is 1.88. The van der Waals surface area contributed by atoms with Crippen molar-refractivity contribution in [2.24, 2.45) is 5.92 Å². The number of hydrogen-bond acceptors (Lipinski definition) is 3. The van der Waals surface area contributed by atoms with E-state index in [1.54, 1.807) is 19.2 Å². The molecule has 4 nitrogen and oxygen atoms in total. The highest BCUT2D eigenvalue weighted by molar-refractivity contribution is 5.85. The zero-order valence-electron chi connectivity index (χ0n) is 12.3. The van der Waals surface area contributed by atoms with E-state index in [2.05, 4.69) is 13.8 Å². The summed E-state index contributed by atoms with van der Waals surface area (Å²) in [5.41, 5.74) is 0.762. The highest BCUT2D eigenvalue weighted by Gasteiger charge is 2.07. The Kier molecular flexibility index (Phi) is 6.64. The van der Waals surface area contributed by atoms with Crippen molar-refractivity contribution in [1.29, 1.82) is 0 Å². The maximum Gasteiger partial charge on any atom is 0.328 e. The minimum Gasteiger partial charge on any atom is -0.493 e. The highest BCUT2D eigenvalue weighted by Crippen LogP contribution is 2.29. The minimum absolute atomic E-state index is 0.497. The Morgan fingerprint density at radius 2 is 2.15 bits per heavy atom. The molecule has 20 heavy (non-hydrogen) atoms. The highest BCUT2D eigenvalue weighted by atomic mass is 16.5. The van der Waals surface area contributed by atoms with Crippen LogP contribution in [-0.4, -0.2) is 24.8 Å². The Bertz CT molecular complexity index is 466. The predicted octanol–water partition coefficient (Wildman–Crippen LogP) is 3.61. The van der Waals surface area contributed by atoms with E-state index in [0.29, 0.717) is 24.0 Å². The van der Waals surface area contributed by atoms with Gasteiger partial charge in [-0.15, -0.1) is 0 Å². The molecule has 0 amide bonds. The van der Waals surface area contributed by atoms with E-state index in [0.717, 1.165) is 24.5 Å². The number of methoxy groups -OCH3 is 1. The van der Waals surface area contributed by atoms with Crippen molar-refractivity contribution in [3.63, 3.8) is 0 Å². The first-order valence-electron chi connectivity index (χ1n) is 6.78. The van der Waals surface area contributed by atoms with Crippen LogP contribution in [0.3, 0.4) is 0 Å². The van der Waals surface area contributed by atoms with E-state index >= 15 is 0 Å². The molecule has 0 aliphatic rings. The lowest BCUT2D eigenvalue weighted by Crippen LogP contribution is -2.08. The van der Waals surface area contributed by atoms with Gasteiger partial charge in [-0.05, 0) is 36.1 Å². The second-order valence-corrected chi connectivity index (χ2v) is 4.79. The number of carbonyl (C=O) groups is 1. The maximum atomic E-state index is 10.5. The lowest BCUT2D eigenvalue weighted by atomic mass is 10.1. The SMILES string of the molecule is CCCC(C)COc1ccc(C=CC(=O)O)cc1OC. The molecule has 1 rings (SSSR count). The van der Waals surface area contributed by atoms with Gasteiger partial charge >= 0.3 is 5.97 Å². The molecule has 1 aromatic rings. The Hall–Kier alpha value is -1.97. The van der Waals surface area contributed by atoms with E-state index in [1.165, 1.54) is 6.08 Å². The molecular weight excluding hydrogens is 256 g/mol. The molecule has 0 fully saturated rings. The van der Waals surface area contributed by atoms with Crippen LogP contribution < -0.4 is 9.47 Å². The Balaban J connectivity index is 2.75. The second kappa shape index (κ2) is 8.25. The van der Waals surface area contributed by atoms with Crippen LogP contribution in [0.25, 0.3) is 6.08 Å². The van der Waals surface area contributed by atoms with Gasteiger partial charge in [0.2, 0.25) is 0 Å². The number of aliphatic carboxylic acids is 1. The maximum absolute atomic E-state index is 10.5. The molecule has 1 atom stereocenters. The predicted molar refractivity (Wildman–Crippen MR) is 79.2 cm³/mol. The van der Waals surface area contributed by atoms with Crippen LogP contribution in [0.15, 0.2) is 24.3 Å². The van der Waals surface area contributed by atoms with E-state index < -0.39 is 5.97 Å². The van der Waals surface area contributed by atoms with Crippen molar-refractivity contribution in [2.45, 2.75) is 26.7 Å². The number of hydrogen-bond donors (Lipinski definition) is 1. The fourth-order valence-electron chi connectivity index (χ4n) is 1.88. The summed E-state index contributed by atoms with van der Waals surface area (Å²) < 4.78 is 11.0. The normalized spacial score (nSPS) is 12.3. The van der Waals surface area contributed by atoms with Crippen molar-refractivity contribution in [2.75, 3.05) is 13.7 Å². The van der Waals surface area contributed by atoms with E-state index in [9.17, 15) is 4.79 Å². The third kappa shape index (κ3) is 5.34. The number of benzene rings is 1. The molecule has 1 aromatic carbocycles. The molecule has 0 spiro atoms. The molecule has 0 aromatic heterocycles. The second-order valence-electron chi connectivity index (χ2n) is 4.79.